The van der Waals surface area contributed by atoms with Gasteiger partial charge in [0.1, 0.15) is 0 Å². The summed E-state index contributed by atoms with van der Waals surface area (Å²) in [4.78, 5) is 17.6. The summed E-state index contributed by atoms with van der Waals surface area (Å²) < 4.78 is 5.20. The molecule has 1 aromatic heterocycles. The van der Waals surface area contributed by atoms with Crippen molar-refractivity contribution in [2.75, 3.05) is 6.54 Å². The van der Waals surface area contributed by atoms with E-state index in [0.29, 0.717) is 24.8 Å². The van der Waals surface area contributed by atoms with E-state index in [-0.39, 0.29) is 11.2 Å². The van der Waals surface area contributed by atoms with Gasteiger partial charge in [0.15, 0.2) is 5.82 Å². The van der Waals surface area contributed by atoms with Crippen molar-refractivity contribution in [2.45, 2.75) is 49.2 Å². The molecule has 1 aliphatic rings. The van der Waals surface area contributed by atoms with Gasteiger partial charge in [-0.3, -0.25) is 4.79 Å². The maximum Gasteiger partial charge on any atom is 0.233 e. The van der Waals surface area contributed by atoms with Crippen molar-refractivity contribution in [1.82, 2.24) is 15.5 Å². The van der Waals surface area contributed by atoms with Crippen LogP contribution in [-0.4, -0.2) is 27.8 Å². The number of nitrogens with zero attached hydrogens (tertiary/aromatic N) is 2. The zero-order chi connectivity index (χ0) is 16.2. The number of benzene rings is 1. The molecule has 1 heterocycles. The average Bonchev–Trinajstić information content (AvgIpc) is 3.29. The quantitative estimate of drug-likeness (QED) is 0.790. The van der Waals surface area contributed by atoms with Crippen LogP contribution in [-0.2, 0) is 11.2 Å². The third-order valence-corrected chi connectivity index (χ3v) is 4.88. The standard InChI is InChI=1S/C17H21N3O2S/c1-11-3-7-14(8-4-11)23-12(2)17(21)18-10-9-15-19-16(20-22-15)13-5-6-13/h3-4,7-8,12-13H,5-6,9-10H2,1-2H3,(H,18,21). The molecule has 1 atom stereocenters. The molecule has 1 aromatic carbocycles. The molecule has 23 heavy (non-hydrogen) atoms. The minimum atomic E-state index is -0.137. The molecular weight excluding hydrogens is 310 g/mol. The molecule has 0 spiro atoms. The Morgan fingerprint density at radius 1 is 1.39 bits per heavy atom. The minimum absolute atomic E-state index is 0.0255. The fourth-order valence-electron chi connectivity index (χ4n) is 2.19. The number of amides is 1. The first kappa shape index (κ1) is 16.1. The second kappa shape index (κ2) is 7.17. The van der Waals surface area contributed by atoms with E-state index in [4.69, 9.17) is 4.52 Å². The summed E-state index contributed by atoms with van der Waals surface area (Å²) in [5.74, 6) is 1.94. The van der Waals surface area contributed by atoms with Gasteiger partial charge in [0.25, 0.3) is 0 Å². The molecular formula is C17H21N3O2S. The molecule has 0 bridgehead atoms. The van der Waals surface area contributed by atoms with Gasteiger partial charge < -0.3 is 9.84 Å². The number of aromatic nitrogens is 2. The Balaban J connectivity index is 1.41. The molecule has 1 aliphatic carbocycles. The van der Waals surface area contributed by atoms with Crippen molar-refractivity contribution in [3.05, 3.63) is 41.5 Å². The molecule has 6 heteroatoms. The summed E-state index contributed by atoms with van der Waals surface area (Å²) in [7, 11) is 0. The molecule has 2 aromatic rings. The van der Waals surface area contributed by atoms with Gasteiger partial charge in [-0.1, -0.05) is 22.9 Å². The van der Waals surface area contributed by atoms with Gasteiger partial charge in [0, 0.05) is 23.8 Å². The van der Waals surface area contributed by atoms with Crippen molar-refractivity contribution in [3.8, 4) is 0 Å². The predicted molar refractivity (Wildman–Crippen MR) is 89.5 cm³/mol. The van der Waals surface area contributed by atoms with Crippen molar-refractivity contribution in [1.29, 1.82) is 0 Å². The van der Waals surface area contributed by atoms with Crippen LogP contribution in [0.5, 0.6) is 0 Å². The van der Waals surface area contributed by atoms with E-state index in [1.807, 2.05) is 19.1 Å². The van der Waals surface area contributed by atoms with Gasteiger partial charge in [0.2, 0.25) is 11.8 Å². The van der Waals surface area contributed by atoms with Crippen LogP contribution in [0.2, 0.25) is 0 Å². The van der Waals surface area contributed by atoms with Crippen molar-refractivity contribution in [2.24, 2.45) is 0 Å². The number of rotatable bonds is 7. The highest BCUT2D eigenvalue weighted by Crippen LogP contribution is 2.38. The lowest BCUT2D eigenvalue weighted by atomic mass is 10.2. The zero-order valence-corrected chi connectivity index (χ0v) is 14.2. The molecule has 1 fully saturated rings. The number of carbonyl (C=O) groups is 1. The number of hydrogen-bond acceptors (Lipinski definition) is 5. The monoisotopic (exact) mass is 331 g/mol. The SMILES string of the molecule is Cc1ccc(SC(C)C(=O)NCCc2nc(C3CC3)no2)cc1. The normalized spacial score (nSPS) is 15.4. The Morgan fingerprint density at radius 2 is 2.13 bits per heavy atom. The maximum absolute atomic E-state index is 12.1. The zero-order valence-electron chi connectivity index (χ0n) is 13.4. The molecule has 3 rings (SSSR count). The Morgan fingerprint density at radius 3 is 2.83 bits per heavy atom. The summed E-state index contributed by atoms with van der Waals surface area (Å²) in [6, 6.07) is 8.20. The van der Waals surface area contributed by atoms with Crippen LogP contribution in [0.15, 0.2) is 33.7 Å². The fourth-order valence-corrected chi connectivity index (χ4v) is 3.08. The summed E-state index contributed by atoms with van der Waals surface area (Å²) >= 11 is 1.56. The van der Waals surface area contributed by atoms with Crippen molar-refractivity contribution >= 4 is 17.7 Å². The van der Waals surface area contributed by atoms with Crippen LogP contribution in [0.1, 0.15) is 43.0 Å². The molecule has 0 radical (unpaired) electrons. The van der Waals surface area contributed by atoms with Gasteiger partial charge in [-0.05, 0) is 38.8 Å². The summed E-state index contributed by atoms with van der Waals surface area (Å²) in [5.41, 5.74) is 1.22. The molecule has 122 valence electrons. The summed E-state index contributed by atoms with van der Waals surface area (Å²) in [6.07, 6.45) is 2.89. The summed E-state index contributed by atoms with van der Waals surface area (Å²) in [6.45, 7) is 4.48. The van der Waals surface area contributed by atoms with Crippen LogP contribution in [0.3, 0.4) is 0 Å². The number of aryl methyl sites for hydroxylation is 1. The van der Waals surface area contributed by atoms with Crippen LogP contribution in [0.25, 0.3) is 0 Å². The largest absolute Gasteiger partial charge is 0.355 e. The molecule has 5 nitrogen and oxygen atoms in total. The van der Waals surface area contributed by atoms with Crippen molar-refractivity contribution in [3.63, 3.8) is 0 Å². The molecule has 0 saturated heterocycles. The topological polar surface area (TPSA) is 68.0 Å². The number of hydrogen-bond donors (Lipinski definition) is 1. The number of nitrogens with one attached hydrogen (secondary N) is 1. The molecule has 1 amide bonds. The number of carbonyl (C=O) groups excluding carboxylic acids is 1. The van der Waals surface area contributed by atoms with E-state index in [1.54, 1.807) is 11.8 Å². The first-order chi connectivity index (χ1) is 11.1. The van der Waals surface area contributed by atoms with Gasteiger partial charge in [-0.2, -0.15) is 4.98 Å². The predicted octanol–water partition coefficient (Wildman–Crippen LogP) is 3.09. The smallest absolute Gasteiger partial charge is 0.233 e. The van der Waals surface area contributed by atoms with E-state index in [0.717, 1.165) is 23.6 Å². The first-order valence-corrected chi connectivity index (χ1v) is 8.83. The van der Waals surface area contributed by atoms with Crippen LogP contribution < -0.4 is 5.32 Å². The average molecular weight is 331 g/mol. The first-order valence-electron chi connectivity index (χ1n) is 7.95. The highest BCUT2D eigenvalue weighted by molar-refractivity contribution is 8.00. The highest BCUT2D eigenvalue weighted by Gasteiger charge is 2.28. The molecule has 1 N–H and O–H groups in total. The minimum Gasteiger partial charge on any atom is -0.355 e. The number of thioether (sulfide) groups is 1. The second-order valence-corrected chi connectivity index (χ2v) is 7.35. The van der Waals surface area contributed by atoms with E-state index in [1.165, 1.54) is 5.56 Å². The van der Waals surface area contributed by atoms with Crippen LogP contribution in [0.4, 0.5) is 0 Å². The fraction of sp³-hybridized carbons (Fsp3) is 0.471. The van der Waals surface area contributed by atoms with E-state index < -0.39 is 0 Å². The molecule has 1 saturated carbocycles. The second-order valence-electron chi connectivity index (χ2n) is 5.93. The lowest BCUT2D eigenvalue weighted by Gasteiger charge is -2.11. The van der Waals surface area contributed by atoms with E-state index >= 15 is 0 Å². The van der Waals surface area contributed by atoms with Gasteiger partial charge in [-0.25, -0.2) is 0 Å². The Bertz CT molecular complexity index is 665. The third-order valence-electron chi connectivity index (χ3n) is 3.77. The van der Waals surface area contributed by atoms with Gasteiger partial charge in [0.05, 0.1) is 5.25 Å². The van der Waals surface area contributed by atoms with Crippen molar-refractivity contribution < 1.29 is 9.32 Å². The van der Waals surface area contributed by atoms with Gasteiger partial charge >= 0.3 is 0 Å². The molecule has 1 unspecified atom stereocenters. The lowest BCUT2D eigenvalue weighted by Crippen LogP contribution is -2.32. The highest BCUT2D eigenvalue weighted by atomic mass is 32.2. The summed E-state index contributed by atoms with van der Waals surface area (Å²) in [5, 5.41) is 6.76. The third kappa shape index (κ3) is 4.58. The maximum atomic E-state index is 12.1. The van der Waals surface area contributed by atoms with Crippen LogP contribution >= 0.6 is 11.8 Å². The van der Waals surface area contributed by atoms with E-state index in [2.05, 4.69) is 34.5 Å². The Kier molecular flexibility index (Phi) is 5.00. The van der Waals surface area contributed by atoms with Gasteiger partial charge in [-0.15, -0.1) is 11.8 Å². The Labute approximate surface area is 140 Å². The molecule has 0 aliphatic heterocycles. The van der Waals surface area contributed by atoms with E-state index in [9.17, 15) is 4.79 Å². The Hall–Kier alpha value is -1.82. The van der Waals surface area contributed by atoms with Crippen LogP contribution in [0, 0.1) is 6.92 Å². The lowest BCUT2D eigenvalue weighted by molar-refractivity contribution is -0.120.